The van der Waals surface area contributed by atoms with Crippen molar-refractivity contribution in [1.29, 1.82) is 0 Å². The van der Waals surface area contributed by atoms with Crippen molar-refractivity contribution in [3.63, 3.8) is 0 Å². The topological polar surface area (TPSA) is 6.48 Å². The third-order valence-corrected chi connectivity index (χ3v) is 5.77. The molecule has 0 radical (unpaired) electrons. The first-order chi connectivity index (χ1) is 13.3. The lowest BCUT2D eigenvalue weighted by molar-refractivity contribution is 0.388. The fraction of sp³-hybridized carbons (Fsp3) is 0.680. The lowest BCUT2D eigenvalue weighted by atomic mass is 10.1. The maximum absolute atomic E-state index is 2.45. The molecule has 0 spiro atoms. The second-order valence-corrected chi connectivity index (χ2v) is 8.13. The summed E-state index contributed by atoms with van der Waals surface area (Å²) in [5, 5.41) is 0. The van der Waals surface area contributed by atoms with E-state index in [0.29, 0.717) is 0 Å². The molecule has 0 N–H and O–H groups in total. The Morgan fingerprint density at radius 2 is 1.21 bits per heavy atom. The van der Waals surface area contributed by atoms with Gasteiger partial charge < -0.3 is 9.80 Å². The molecular formula is C25H43BrN2. The lowest BCUT2D eigenvalue weighted by Crippen LogP contribution is -2.25. The first kappa shape index (κ1) is 25.1. The zero-order chi connectivity index (χ0) is 19.2. The van der Waals surface area contributed by atoms with Gasteiger partial charge in [0.2, 0.25) is 0 Å². The van der Waals surface area contributed by atoms with Crippen LogP contribution in [0.1, 0.15) is 96.5 Å². The number of hydrogen-bond donors (Lipinski definition) is 0. The molecule has 3 heteroatoms. The van der Waals surface area contributed by atoms with Crippen molar-refractivity contribution in [3.8, 4) is 0 Å². The molecule has 0 saturated carbocycles. The number of hydrogen-bond acceptors (Lipinski definition) is 2. The van der Waals surface area contributed by atoms with Crippen LogP contribution in [0.25, 0.3) is 0 Å². The van der Waals surface area contributed by atoms with E-state index >= 15 is 0 Å². The summed E-state index contributed by atoms with van der Waals surface area (Å²) in [6, 6.07) is 8.99. The van der Waals surface area contributed by atoms with Gasteiger partial charge in [0.1, 0.15) is 0 Å². The Bertz CT molecular complexity index is 512. The number of anilines is 1. The molecular weight excluding hydrogens is 408 g/mol. The predicted octanol–water partition coefficient (Wildman–Crippen LogP) is 8.08. The van der Waals surface area contributed by atoms with E-state index in [-0.39, 0.29) is 17.0 Å². The van der Waals surface area contributed by atoms with Gasteiger partial charge in [0.25, 0.3) is 0 Å². The Morgan fingerprint density at radius 1 is 0.679 bits per heavy atom. The van der Waals surface area contributed by atoms with Crippen LogP contribution in [0.15, 0.2) is 36.7 Å². The number of benzene rings is 1. The minimum atomic E-state index is 0. The molecule has 0 bridgehead atoms. The Kier molecular flexibility index (Phi) is 14.2. The fourth-order valence-electron chi connectivity index (χ4n) is 3.86. The summed E-state index contributed by atoms with van der Waals surface area (Å²) in [5.74, 6) is 0. The molecule has 28 heavy (non-hydrogen) atoms. The predicted molar refractivity (Wildman–Crippen MR) is 130 cm³/mol. The van der Waals surface area contributed by atoms with Gasteiger partial charge in [0, 0.05) is 24.6 Å². The first-order valence-electron chi connectivity index (χ1n) is 11.6. The van der Waals surface area contributed by atoms with E-state index in [2.05, 4.69) is 60.3 Å². The molecule has 1 aromatic rings. The van der Waals surface area contributed by atoms with Crippen LogP contribution in [0.5, 0.6) is 0 Å². The molecule has 0 aromatic heterocycles. The number of rotatable bonds is 15. The molecule has 1 heterocycles. The molecule has 160 valence electrons. The molecule has 0 atom stereocenters. The summed E-state index contributed by atoms with van der Waals surface area (Å²) in [7, 11) is 0. The first-order valence-corrected chi connectivity index (χ1v) is 11.6. The van der Waals surface area contributed by atoms with E-state index in [1.807, 2.05) is 0 Å². The lowest BCUT2D eigenvalue weighted by Gasteiger charge is -2.21. The van der Waals surface area contributed by atoms with Crippen molar-refractivity contribution in [2.24, 2.45) is 0 Å². The minimum Gasteiger partial charge on any atom is -0.358 e. The zero-order valence-corrected chi connectivity index (χ0v) is 20.1. The molecule has 2 rings (SSSR count). The van der Waals surface area contributed by atoms with Crippen LogP contribution >= 0.6 is 17.0 Å². The van der Waals surface area contributed by atoms with Crippen molar-refractivity contribution in [1.82, 2.24) is 4.90 Å². The minimum absolute atomic E-state index is 0. The monoisotopic (exact) mass is 450 g/mol. The summed E-state index contributed by atoms with van der Waals surface area (Å²) < 4.78 is 0. The molecule has 0 saturated heterocycles. The quantitative estimate of drug-likeness (QED) is 0.249. The average molecular weight is 452 g/mol. The summed E-state index contributed by atoms with van der Waals surface area (Å²) in [4.78, 5) is 4.80. The van der Waals surface area contributed by atoms with Gasteiger partial charge in [-0.1, -0.05) is 96.6 Å². The van der Waals surface area contributed by atoms with Gasteiger partial charge >= 0.3 is 0 Å². The third kappa shape index (κ3) is 10.0. The Labute approximate surface area is 185 Å². The SMILES string of the molecule is Br.CCCCCCCCCCCCCCN1C=CN(c2ccc(CC)cc2)C1. The highest BCUT2D eigenvalue weighted by atomic mass is 79.9. The molecule has 1 aliphatic rings. The zero-order valence-electron chi connectivity index (χ0n) is 18.4. The van der Waals surface area contributed by atoms with E-state index in [0.717, 1.165) is 13.1 Å². The molecule has 0 aliphatic carbocycles. The number of aryl methyl sites for hydroxylation is 1. The van der Waals surface area contributed by atoms with E-state index < -0.39 is 0 Å². The molecule has 2 nitrogen and oxygen atoms in total. The second kappa shape index (κ2) is 15.9. The smallest absolute Gasteiger partial charge is 0.0941 e. The summed E-state index contributed by atoms with van der Waals surface area (Å²) in [5.41, 5.74) is 2.72. The van der Waals surface area contributed by atoms with Gasteiger partial charge in [-0.25, -0.2) is 0 Å². The normalized spacial score (nSPS) is 13.2. The van der Waals surface area contributed by atoms with Crippen LogP contribution in [0.3, 0.4) is 0 Å². The van der Waals surface area contributed by atoms with E-state index in [4.69, 9.17) is 0 Å². The Morgan fingerprint density at radius 3 is 1.75 bits per heavy atom. The largest absolute Gasteiger partial charge is 0.358 e. The van der Waals surface area contributed by atoms with Crippen molar-refractivity contribution in [2.45, 2.75) is 97.3 Å². The fourth-order valence-corrected chi connectivity index (χ4v) is 3.86. The van der Waals surface area contributed by atoms with E-state index in [1.165, 1.54) is 94.8 Å². The van der Waals surface area contributed by atoms with Crippen molar-refractivity contribution < 1.29 is 0 Å². The van der Waals surface area contributed by atoms with Crippen LogP contribution in [0, 0.1) is 0 Å². The Hall–Kier alpha value is -0.960. The van der Waals surface area contributed by atoms with Crippen LogP contribution in [-0.4, -0.2) is 18.1 Å². The standard InChI is InChI=1S/C25H42N2.BrH/c1-3-5-6-7-8-9-10-11-12-13-14-15-20-26-21-22-27(23-26)25-18-16-24(4-2)17-19-25;/h16-19,21-22H,3-15,20,23H2,1-2H3;1H. The third-order valence-electron chi connectivity index (χ3n) is 5.77. The molecule has 0 amide bonds. The molecule has 1 aromatic carbocycles. The van der Waals surface area contributed by atoms with Gasteiger partial charge in [-0.15, -0.1) is 17.0 Å². The number of nitrogens with zero attached hydrogens (tertiary/aromatic N) is 2. The number of unbranched alkanes of at least 4 members (excludes halogenated alkanes) is 11. The maximum Gasteiger partial charge on any atom is 0.0941 e. The maximum atomic E-state index is 2.45. The number of halogens is 1. The van der Waals surface area contributed by atoms with Gasteiger partial charge in [-0.05, 0) is 30.5 Å². The highest BCUT2D eigenvalue weighted by molar-refractivity contribution is 8.93. The van der Waals surface area contributed by atoms with E-state index in [9.17, 15) is 0 Å². The van der Waals surface area contributed by atoms with E-state index in [1.54, 1.807) is 0 Å². The van der Waals surface area contributed by atoms with Crippen LogP contribution in [-0.2, 0) is 6.42 Å². The van der Waals surface area contributed by atoms with Crippen molar-refractivity contribution in [3.05, 3.63) is 42.2 Å². The summed E-state index contributed by atoms with van der Waals surface area (Å²) >= 11 is 0. The van der Waals surface area contributed by atoms with Crippen LogP contribution < -0.4 is 4.90 Å². The summed E-state index contributed by atoms with van der Waals surface area (Å²) in [6.45, 7) is 6.70. The second-order valence-electron chi connectivity index (χ2n) is 8.13. The highest BCUT2D eigenvalue weighted by Crippen LogP contribution is 2.20. The van der Waals surface area contributed by atoms with Crippen molar-refractivity contribution in [2.75, 3.05) is 18.1 Å². The van der Waals surface area contributed by atoms with Gasteiger partial charge in [-0.2, -0.15) is 0 Å². The highest BCUT2D eigenvalue weighted by Gasteiger charge is 2.13. The molecule has 0 fully saturated rings. The van der Waals surface area contributed by atoms with Gasteiger partial charge in [0.15, 0.2) is 0 Å². The van der Waals surface area contributed by atoms with Crippen LogP contribution in [0.4, 0.5) is 5.69 Å². The van der Waals surface area contributed by atoms with Gasteiger partial charge in [-0.3, -0.25) is 0 Å². The van der Waals surface area contributed by atoms with Crippen molar-refractivity contribution >= 4 is 22.7 Å². The van der Waals surface area contributed by atoms with Gasteiger partial charge in [0.05, 0.1) is 6.67 Å². The Balaban J connectivity index is 0.00000392. The van der Waals surface area contributed by atoms with Crippen LogP contribution in [0.2, 0.25) is 0 Å². The molecule has 0 unspecified atom stereocenters. The average Bonchev–Trinajstić information content (AvgIpc) is 3.18. The molecule has 1 aliphatic heterocycles. The summed E-state index contributed by atoms with van der Waals surface area (Å²) in [6.07, 6.45) is 22.6.